The van der Waals surface area contributed by atoms with E-state index in [2.05, 4.69) is 4.98 Å². The van der Waals surface area contributed by atoms with Crippen LogP contribution in [0, 0.1) is 6.42 Å². The zero-order valence-electron chi connectivity index (χ0n) is 8.94. The van der Waals surface area contributed by atoms with Gasteiger partial charge in [-0.05, 0) is 23.9 Å². The predicted octanol–water partition coefficient (Wildman–Crippen LogP) is 1.95. The van der Waals surface area contributed by atoms with E-state index in [4.69, 9.17) is 0 Å². The minimum absolute atomic E-state index is 0.109. The Labute approximate surface area is 94.1 Å². The van der Waals surface area contributed by atoms with Crippen molar-refractivity contribution in [1.29, 1.82) is 0 Å². The summed E-state index contributed by atoms with van der Waals surface area (Å²) in [4.78, 5) is 16.8. The molecular weight excluding hydrogens is 200 g/mol. The number of H-pyrrole nitrogens is 1. The van der Waals surface area contributed by atoms with Gasteiger partial charge < -0.3 is 9.88 Å². The van der Waals surface area contributed by atoms with Crippen LogP contribution in [-0.4, -0.2) is 28.9 Å². The fourth-order valence-electron chi connectivity index (χ4n) is 1.93. The van der Waals surface area contributed by atoms with E-state index in [9.17, 15) is 4.79 Å². The molecule has 0 aliphatic carbocycles. The maximum absolute atomic E-state index is 11.7. The average Bonchev–Trinajstić information content (AvgIpc) is 2.56. The molecule has 16 heavy (non-hydrogen) atoms. The number of para-hydroxylation sites is 1. The number of aromatic nitrogens is 1. The fourth-order valence-corrected chi connectivity index (χ4v) is 1.93. The summed E-state index contributed by atoms with van der Waals surface area (Å²) in [5.74, 6) is 0.109. The molecule has 0 bridgehead atoms. The monoisotopic (exact) mass is 213 g/mol. The van der Waals surface area contributed by atoms with E-state index in [-0.39, 0.29) is 5.91 Å². The summed E-state index contributed by atoms with van der Waals surface area (Å²) in [6.45, 7) is 1.80. The summed E-state index contributed by atoms with van der Waals surface area (Å²) in [6.07, 6.45) is 2.81. The molecule has 3 rings (SSSR count). The molecule has 2 heterocycles. The average molecular weight is 213 g/mol. The predicted molar refractivity (Wildman–Crippen MR) is 62.9 cm³/mol. The first kappa shape index (κ1) is 9.46. The molecular formula is C13H13N2O. The Morgan fingerprint density at radius 3 is 2.81 bits per heavy atom. The molecule has 1 aromatic carbocycles. The van der Waals surface area contributed by atoms with Crippen LogP contribution in [0.15, 0.2) is 30.3 Å². The van der Waals surface area contributed by atoms with Crippen LogP contribution in [0.3, 0.4) is 0 Å². The lowest BCUT2D eigenvalue weighted by atomic mass is 10.2. The molecule has 1 amide bonds. The van der Waals surface area contributed by atoms with Crippen LogP contribution in [-0.2, 0) is 4.79 Å². The summed E-state index contributed by atoms with van der Waals surface area (Å²) in [5.41, 5.74) is 1.96. The Balaban J connectivity index is 1.80. The van der Waals surface area contributed by atoms with Gasteiger partial charge in [-0.1, -0.05) is 18.2 Å². The number of fused-ring (bicyclic) bond motifs is 1. The van der Waals surface area contributed by atoms with Crippen LogP contribution in [0.2, 0.25) is 0 Å². The molecule has 1 aromatic heterocycles. The van der Waals surface area contributed by atoms with Crippen molar-refractivity contribution in [2.75, 3.05) is 13.1 Å². The summed E-state index contributed by atoms with van der Waals surface area (Å²) in [7, 11) is 0. The van der Waals surface area contributed by atoms with Gasteiger partial charge in [-0.2, -0.15) is 0 Å². The highest BCUT2D eigenvalue weighted by Gasteiger charge is 2.20. The van der Waals surface area contributed by atoms with E-state index in [1.165, 1.54) is 0 Å². The second kappa shape index (κ2) is 3.67. The van der Waals surface area contributed by atoms with Gasteiger partial charge in [0.15, 0.2) is 0 Å². The first-order valence-electron chi connectivity index (χ1n) is 5.54. The highest BCUT2D eigenvalue weighted by Crippen LogP contribution is 2.17. The highest BCUT2D eigenvalue weighted by molar-refractivity contribution is 5.91. The van der Waals surface area contributed by atoms with Crippen molar-refractivity contribution in [3.8, 4) is 0 Å². The Morgan fingerprint density at radius 2 is 2.12 bits per heavy atom. The topological polar surface area (TPSA) is 36.1 Å². The molecule has 1 aliphatic heterocycles. The molecule has 1 N–H and O–H groups in total. The van der Waals surface area contributed by atoms with Crippen molar-refractivity contribution < 1.29 is 4.79 Å². The number of aromatic amines is 1. The Morgan fingerprint density at radius 1 is 1.31 bits per heavy atom. The molecule has 1 fully saturated rings. The van der Waals surface area contributed by atoms with Gasteiger partial charge in [-0.3, -0.25) is 4.79 Å². The largest absolute Gasteiger partial charge is 0.358 e. The molecule has 1 radical (unpaired) electrons. The number of benzene rings is 1. The minimum Gasteiger partial charge on any atom is -0.358 e. The van der Waals surface area contributed by atoms with Crippen LogP contribution in [0.4, 0.5) is 0 Å². The van der Waals surface area contributed by atoms with Crippen molar-refractivity contribution in [3.05, 3.63) is 42.4 Å². The maximum Gasteiger partial charge on any atom is 0.232 e. The Bertz CT molecular complexity index is 492. The van der Waals surface area contributed by atoms with Crippen molar-refractivity contribution in [2.45, 2.75) is 6.42 Å². The first-order chi connectivity index (χ1) is 7.83. The summed E-state index contributed by atoms with van der Waals surface area (Å²) >= 11 is 0. The number of nitrogens with zero attached hydrogens (tertiary/aromatic N) is 1. The third-order valence-corrected chi connectivity index (χ3v) is 3.00. The first-order valence-corrected chi connectivity index (χ1v) is 5.54. The zero-order chi connectivity index (χ0) is 11.0. The quantitative estimate of drug-likeness (QED) is 0.813. The second-order valence-electron chi connectivity index (χ2n) is 4.14. The molecule has 1 saturated heterocycles. The minimum atomic E-state index is 0.109. The summed E-state index contributed by atoms with van der Waals surface area (Å²) in [5, 5.41) is 1.14. The lowest BCUT2D eigenvalue weighted by molar-refractivity contribution is -0.130. The molecule has 0 atom stereocenters. The number of hydrogen-bond acceptors (Lipinski definition) is 1. The van der Waals surface area contributed by atoms with Crippen molar-refractivity contribution in [1.82, 2.24) is 9.88 Å². The van der Waals surface area contributed by atoms with Crippen molar-refractivity contribution in [2.24, 2.45) is 0 Å². The number of likely N-dealkylation sites (tertiary alicyclic amines) is 1. The molecule has 1 aliphatic rings. The van der Waals surface area contributed by atoms with E-state index in [0.29, 0.717) is 0 Å². The number of nitrogens with one attached hydrogen (secondary N) is 1. The van der Waals surface area contributed by atoms with Gasteiger partial charge in [0.25, 0.3) is 0 Å². The number of amides is 1. The zero-order valence-corrected chi connectivity index (χ0v) is 8.94. The maximum atomic E-state index is 11.7. The lowest BCUT2D eigenvalue weighted by Gasteiger charge is -2.30. The van der Waals surface area contributed by atoms with Gasteiger partial charge in [-0.15, -0.1) is 0 Å². The lowest BCUT2D eigenvalue weighted by Crippen LogP contribution is -2.42. The number of carbonyl (C=O) groups excluding carboxylic acids is 1. The normalized spacial score (nSPS) is 15.1. The summed E-state index contributed by atoms with van der Waals surface area (Å²) < 4.78 is 0. The standard InChI is InChI=1S/C13H13N2O/c16-13(15-6-3-7-15)9-11-8-10-4-1-2-5-12(10)14-11/h1-2,4-5,8-9,14H,3,6-7H2. The van der Waals surface area contributed by atoms with E-state index in [1.807, 2.05) is 35.2 Å². The Hall–Kier alpha value is -1.77. The van der Waals surface area contributed by atoms with Crippen molar-refractivity contribution in [3.63, 3.8) is 0 Å². The fraction of sp³-hybridized carbons (Fsp3) is 0.231. The van der Waals surface area contributed by atoms with Crippen molar-refractivity contribution >= 4 is 16.8 Å². The molecule has 81 valence electrons. The van der Waals surface area contributed by atoms with E-state index in [1.54, 1.807) is 6.42 Å². The Kier molecular flexibility index (Phi) is 2.17. The summed E-state index contributed by atoms with van der Waals surface area (Å²) in [6, 6.07) is 10.0. The molecule has 0 saturated carbocycles. The third kappa shape index (κ3) is 1.58. The van der Waals surface area contributed by atoms with Gasteiger partial charge in [0.2, 0.25) is 5.91 Å². The molecule has 3 heteroatoms. The third-order valence-electron chi connectivity index (χ3n) is 3.00. The molecule has 0 spiro atoms. The van der Waals surface area contributed by atoms with Crippen LogP contribution in [0.1, 0.15) is 12.1 Å². The van der Waals surface area contributed by atoms with E-state index >= 15 is 0 Å². The number of hydrogen-bond donors (Lipinski definition) is 1. The van der Waals surface area contributed by atoms with Gasteiger partial charge in [0.05, 0.1) is 6.42 Å². The smallest absolute Gasteiger partial charge is 0.232 e. The highest BCUT2D eigenvalue weighted by atomic mass is 16.2. The molecule has 3 nitrogen and oxygen atoms in total. The van der Waals surface area contributed by atoms with E-state index in [0.717, 1.165) is 36.1 Å². The number of rotatable bonds is 2. The van der Waals surface area contributed by atoms with Crippen LogP contribution >= 0.6 is 0 Å². The molecule has 0 unspecified atom stereocenters. The van der Waals surface area contributed by atoms with Gasteiger partial charge in [0.1, 0.15) is 0 Å². The van der Waals surface area contributed by atoms with Crippen LogP contribution in [0.5, 0.6) is 0 Å². The van der Waals surface area contributed by atoms with Gasteiger partial charge >= 0.3 is 0 Å². The van der Waals surface area contributed by atoms with Gasteiger partial charge in [-0.25, -0.2) is 0 Å². The van der Waals surface area contributed by atoms with E-state index < -0.39 is 0 Å². The SMILES string of the molecule is O=C([CH]c1cc2ccccc2[nH]1)N1CCC1. The van der Waals surface area contributed by atoms with Crippen LogP contribution in [0.25, 0.3) is 10.9 Å². The number of carbonyl (C=O) groups is 1. The van der Waals surface area contributed by atoms with Crippen LogP contribution < -0.4 is 0 Å². The van der Waals surface area contributed by atoms with Gasteiger partial charge in [0, 0.05) is 24.3 Å². The second-order valence-corrected chi connectivity index (χ2v) is 4.14. The molecule has 2 aromatic rings.